The third kappa shape index (κ3) is 3.20. The van der Waals surface area contributed by atoms with Gasteiger partial charge in [0.15, 0.2) is 0 Å². The number of nitrogens with zero attached hydrogens (tertiary/aromatic N) is 2. The average Bonchev–Trinajstić information content (AvgIpc) is 2.70. The van der Waals surface area contributed by atoms with Gasteiger partial charge in [0, 0.05) is 24.0 Å². The molecule has 2 heterocycles. The quantitative estimate of drug-likeness (QED) is 0.789. The zero-order valence-electron chi connectivity index (χ0n) is 14.6. The summed E-state index contributed by atoms with van der Waals surface area (Å²) >= 11 is 0. The molecule has 3 aromatic rings. The van der Waals surface area contributed by atoms with E-state index in [1.807, 2.05) is 53.4 Å². The highest BCUT2D eigenvalue weighted by molar-refractivity contribution is 5.79. The van der Waals surface area contributed by atoms with Crippen molar-refractivity contribution >= 4 is 16.8 Å². The lowest BCUT2D eigenvalue weighted by Crippen LogP contribution is -2.41. The first-order valence-corrected chi connectivity index (χ1v) is 9.09. The van der Waals surface area contributed by atoms with Crippen LogP contribution in [-0.2, 0) is 17.6 Å². The van der Waals surface area contributed by atoms with Crippen LogP contribution in [0.25, 0.3) is 10.9 Å². The number of carbonyl (C=O) groups excluding carboxylic acids is 1. The molecule has 0 saturated heterocycles. The van der Waals surface area contributed by atoms with E-state index < -0.39 is 0 Å². The molecule has 4 rings (SSSR count). The maximum atomic E-state index is 12.8. The maximum Gasteiger partial charge on any atom is 0.223 e. The van der Waals surface area contributed by atoms with E-state index in [-0.39, 0.29) is 18.6 Å². The second-order valence-corrected chi connectivity index (χ2v) is 6.73. The number of para-hydroxylation sites is 1. The van der Waals surface area contributed by atoms with Crippen LogP contribution in [0.3, 0.4) is 0 Å². The van der Waals surface area contributed by atoms with Gasteiger partial charge in [0.2, 0.25) is 5.91 Å². The molecule has 1 amide bonds. The van der Waals surface area contributed by atoms with E-state index in [4.69, 9.17) is 0 Å². The fraction of sp³-hybridized carbons (Fsp3) is 0.273. The fourth-order valence-electron chi connectivity index (χ4n) is 3.77. The number of carbonyl (C=O) groups is 1. The number of amides is 1. The van der Waals surface area contributed by atoms with E-state index in [1.54, 1.807) is 0 Å². The van der Waals surface area contributed by atoms with Gasteiger partial charge in [-0.15, -0.1) is 0 Å². The lowest BCUT2D eigenvalue weighted by molar-refractivity contribution is -0.135. The first-order chi connectivity index (χ1) is 12.8. The Balaban J connectivity index is 1.47. The maximum absolute atomic E-state index is 12.8. The van der Waals surface area contributed by atoms with Crippen LogP contribution in [0.15, 0.2) is 60.7 Å². The highest BCUT2D eigenvalue weighted by atomic mass is 16.3. The Morgan fingerprint density at radius 2 is 1.88 bits per heavy atom. The molecule has 132 valence electrons. The summed E-state index contributed by atoms with van der Waals surface area (Å²) in [6, 6.07) is 19.9. The van der Waals surface area contributed by atoms with E-state index >= 15 is 0 Å². The Kier molecular flexibility index (Phi) is 4.67. The SMILES string of the molecule is O=C(CCc1ccc2ccccc2n1)N1CCc2ccccc2C1CO. The molecular weight excluding hydrogens is 324 g/mol. The second-order valence-electron chi connectivity index (χ2n) is 6.73. The van der Waals surface area contributed by atoms with Gasteiger partial charge in [0.25, 0.3) is 0 Å². The van der Waals surface area contributed by atoms with Crippen LogP contribution in [0.5, 0.6) is 0 Å². The van der Waals surface area contributed by atoms with E-state index in [2.05, 4.69) is 17.1 Å². The molecule has 1 aromatic heterocycles. The highest BCUT2D eigenvalue weighted by Gasteiger charge is 2.29. The number of aryl methyl sites for hydroxylation is 1. The van der Waals surface area contributed by atoms with Crippen molar-refractivity contribution in [3.8, 4) is 0 Å². The number of aliphatic hydroxyl groups excluding tert-OH is 1. The van der Waals surface area contributed by atoms with Gasteiger partial charge in [0.1, 0.15) is 0 Å². The lowest BCUT2D eigenvalue weighted by atomic mass is 9.92. The van der Waals surface area contributed by atoms with E-state index in [0.717, 1.165) is 28.6 Å². The van der Waals surface area contributed by atoms with Crippen LogP contribution < -0.4 is 0 Å². The number of benzene rings is 2. The molecule has 2 aromatic carbocycles. The zero-order chi connectivity index (χ0) is 17.9. The molecule has 0 saturated carbocycles. The Morgan fingerprint density at radius 1 is 1.08 bits per heavy atom. The minimum Gasteiger partial charge on any atom is -0.394 e. The molecular formula is C22H22N2O2. The Hall–Kier alpha value is -2.72. The molecule has 26 heavy (non-hydrogen) atoms. The Bertz CT molecular complexity index is 938. The normalized spacial score (nSPS) is 16.5. The van der Waals surface area contributed by atoms with E-state index in [0.29, 0.717) is 19.4 Å². The molecule has 0 aliphatic carbocycles. The van der Waals surface area contributed by atoms with Gasteiger partial charge >= 0.3 is 0 Å². The molecule has 1 atom stereocenters. The molecule has 0 fully saturated rings. The largest absolute Gasteiger partial charge is 0.394 e. The number of aliphatic hydroxyl groups is 1. The van der Waals surface area contributed by atoms with Crippen molar-refractivity contribution in [2.45, 2.75) is 25.3 Å². The van der Waals surface area contributed by atoms with Crippen LogP contribution in [0.2, 0.25) is 0 Å². The molecule has 4 nitrogen and oxygen atoms in total. The van der Waals surface area contributed by atoms with Crippen LogP contribution in [-0.4, -0.2) is 34.0 Å². The summed E-state index contributed by atoms with van der Waals surface area (Å²) in [4.78, 5) is 19.3. The average molecular weight is 346 g/mol. The number of pyridine rings is 1. The van der Waals surface area contributed by atoms with Crippen molar-refractivity contribution in [3.63, 3.8) is 0 Å². The van der Waals surface area contributed by atoms with Gasteiger partial charge in [-0.2, -0.15) is 0 Å². The van der Waals surface area contributed by atoms with Crippen molar-refractivity contribution in [3.05, 3.63) is 77.5 Å². The third-order valence-electron chi connectivity index (χ3n) is 5.16. The first-order valence-electron chi connectivity index (χ1n) is 9.09. The summed E-state index contributed by atoms with van der Waals surface area (Å²) in [6.07, 6.45) is 1.86. The molecule has 1 aliphatic rings. The van der Waals surface area contributed by atoms with Gasteiger partial charge in [-0.3, -0.25) is 9.78 Å². The van der Waals surface area contributed by atoms with Gasteiger partial charge in [-0.1, -0.05) is 48.5 Å². The van der Waals surface area contributed by atoms with Gasteiger partial charge < -0.3 is 10.0 Å². The summed E-state index contributed by atoms with van der Waals surface area (Å²) in [5, 5.41) is 11.0. The van der Waals surface area contributed by atoms with Crippen LogP contribution >= 0.6 is 0 Å². The highest BCUT2D eigenvalue weighted by Crippen LogP contribution is 2.29. The molecule has 1 unspecified atom stereocenters. The summed E-state index contributed by atoms with van der Waals surface area (Å²) < 4.78 is 0. The first kappa shape index (κ1) is 16.7. The van der Waals surface area contributed by atoms with Crippen molar-refractivity contribution in [1.82, 2.24) is 9.88 Å². The Morgan fingerprint density at radius 3 is 2.77 bits per heavy atom. The summed E-state index contributed by atoms with van der Waals surface area (Å²) in [5.41, 5.74) is 4.18. The van der Waals surface area contributed by atoms with Crippen LogP contribution in [0.4, 0.5) is 0 Å². The van der Waals surface area contributed by atoms with Gasteiger partial charge in [0.05, 0.1) is 18.2 Å². The van der Waals surface area contributed by atoms with E-state index in [9.17, 15) is 9.90 Å². The number of fused-ring (bicyclic) bond motifs is 2. The number of rotatable bonds is 4. The summed E-state index contributed by atoms with van der Waals surface area (Å²) in [7, 11) is 0. The molecule has 1 N–H and O–H groups in total. The molecule has 0 radical (unpaired) electrons. The third-order valence-corrected chi connectivity index (χ3v) is 5.16. The van der Waals surface area contributed by atoms with Crippen molar-refractivity contribution < 1.29 is 9.90 Å². The minimum atomic E-state index is -0.239. The number of aromatic nitrogens is 1. The number of hydrogen-bond donors (Lipinski definition) is 1. The lowest BCUT2D eigenvalue weighted by Gasteiger charge is -2.36. The molecule has 0 spiro atoms. The fourth-order valence-corrected chi connectivity index (χ4v) is 3.77. The van der Waals surface area contributed by atoms with Crippen LogP contribution in [0.1, 0.15) is 29.3 Å². The molecule has 1 aliphatic heterocycles. The van der Waals surface area contributed by atoms with E-state index in [1.165, 1.54) is 5.56 Å². The summed E-state index contributed by atoms with van der Waals surface area (Å²) in [5.74, 6) is 0.0773. The van der Waals surface area contributed by atoms with Crippen molar-refractivity contribution in [1.29, 1.82) is 0 Å². The second kappa shape index (κ2) is 7.26. The topological polar surface area (TPSA) is 53.4 Å². The molecule has 0 bridgehead atoms. The number of hydrogen-bond acceptors (Lipinski definition) is 3. The predicted molar refractivity (Wildman–Crippen MR) is 102 cm³/mol. The molecule has 4 heteroatoms. The minimum absolute atomic E-state index is 0.0447. The Labute approximate surface area is 153 Å². The predicted octanol–water partition coefficient (Wildman–Crippen LogP) is 3.29. The van der Waals surface area contributed by atoms with Gasteiger partial charge in [-0.05, 0) is 36.1 Å². The zero-order valence-corrected chi connectivity index (χ0v) is 14.6. The van der Waals surface area contributed by atoms with Crippen molar-refractivity contribution in [2.75, 3.05) is 13.2 Å². The standard InChI is InChI=1S/C22H22N2O2/c25-15-21-19-7-3-1-5-16(19)13-14-24(21)22(26)12-11-18-10-9-17-6-2-4-8-20(17)23-18/h1-10,21,25H,11-15H2. The summed E-state index contributed by atoms with van der Waals surface area (Å²) in [6.45, 7) is 0.614. The van der Waals surface area contributed by atoms with Crippen molar-refractivity contribution in [2.24, 2.45) is 0 Å². The smallest absolute Gasteiger partial charge is 0.223 e. The van der Waals surface area contributed by atoms with Crippen LogP contribution in [0, 0.1) is 0 Å². The van der Waals surface area contributed by atoms with Gasteiger partial charge in [-0.25, -0.2) is 0 Å². The monoisotopic (exact) mass is 346 g/mol.